The molecule has 0 spiro atoms. The molecule has 0 N–H and O–H groups in total. The van der Waals surface area contributed by atoms with Crippen molar-refractivity contribution in [2.45, 2.75) is 97.5 Å². The quantitative estimate of drug-likeness (QED) is 0.146. The summed E-state index contributed by atoms with van der Waals surface area (Å²) in [5, 5.41) is 0. The fourth-order valence-corrected chi connectivity index (χ4v) is 3.78. The van der Waals surface area contributed by atoms with Crippen LogP contribution in [0.2, 0.25) is 0 Å². The van der Waals surface area contributed by atoms with Crippen molar-refractivity contribution >= 4 is 11.9 Å². The van der Waals surface area contributed by atoms with Gasteiger partial charge in [0.2, 0.25) is 0 Å². The number of ether oxygens (including phenoxy) is 2. The molecule has 190 valence electrons. The zero-order chi connectivity index (χ0) is 25.3. The van der Waals surface area contributed by atoms with E-state index in [1.807, 2.05) is 25.1 Å². The molecule has 35 heavy (non-hydrogen) atoms. The molecule has 6 nitrogen and oxygen atoms in total. The van der Waals surface area contributed by atoms with Crippen molar-refractivity contribution in [3.05, 3.63) is 54.4 Å². The van der Waals surface area contributed by atoms with E-state index in [1.54, 1.807) is 0 Å². The number of hydrogen-bond donors (Lipinski definition) is 0. The molecule has 1 heterocycles. The van der Waals surface area contributed by atoms with Gasteiger partial charge in [0.15, 0.2) is 11.6 Å². The lowest BCUT2D eigenvalue weighted by Gasteiger charge is -2.11. The molecule has 0 aliphatic rings. The Bertz CT molecular complexity index is 907. The highest BCUT2D eigenvalue weighted by molar-refractivity contribution is 5.73. The van der Waals surface area contributed by atoms with Crippen LogP contribution < -0.4 is 4.74 Å². The average molecular weight is 481 g/mol. The van der Waals surface area contributed by atoms with Crippen LogP contribution in [0.25, 0.3) is 11.4 Å². The van der Waals surface area contributed by atoms with Gasteiger partial charge in [-0.1, -0.05) is 69.0 Å². The molecule has 0 aliphatic heterocycles. The Balaban J connectivity index is 1.70. The SMILES string of the molecule is CCCCCCC/C=C\CC(=O)Oc1cnc(-c2ccc(CCCCC(C)OC(C)=O)cc2)nc1. The van der Waals surface area contributed by atoms with Crippen LogP contribution in [0, 0.1) is 0 Å². The van der Waals surface area contributed by atoms with E-state index in [0.717, 1.165) is 37.7 Å². The molecular weight excluding hydrogens is 440 g/mol. The molecule has 0 saturated carbocycles. The van der Waals surface area contributed by atoms with Gasteiger partial charge in [0.05, 0.1) is 24.9 Å². The summed E-state index contributed by atoms with van der Waals surface area (Å²) in [4.78, 5) is 31.7. The molecule has 2 aromatic rings. The van der Waals surface area contributed by atoms with Gasteiger partial charge in [0.1, 0.15) is 0 Å². The predicted octanol–water partition coefficient (Wildman–Crippen LogP) is 7.02. The number of benzene rings is 1. The first-order chi connectivity index (χ1) is 17.0. The molecule has 0 amide bonds. The van der Waals surface area contributed by atoms with Crippen molar-refractivity contribution < 1.29 is 19.1 Å². The van der Waals surface area contributed by atoms with Crippen LogP contribution in [0.1, 0.15) is 90.5 Å². The van der Waals surface area contributed by atoms with Crippen LogP contribution in [-0.2, 0) is 20.7 Å². The van der Waals surface area contributed by atoms with Crippen molar-refractivity contribution in [3.63, 3.8) is 0 Å². The Hall–Kier alpha value is -3.02. The summed E-state index contributed by atoms with van der Waals surface area (Å²) in [5.74, 6) is 0.411. The minimum absolute atomic E-state index is 0.0316. The predicted molar refractivity (Wildman–Crippen MR) is 139 cm³/mol. The second kappa shape index (κ2) is 16.6. The van der Waals surface area contributed by atoms with Gasteiger partial charge in [-0.3, -0.25) is 9.59 Å². The number of hydrogen-bond acceptors (Lipinski definition) is 6. The van der Waals surface area contributed by atoms with Crippen LogP contribution >= 0.6 is 0 Å². The molecule has 1 aromatic carbocycles. The Morgan fingerprint density at radius 1 is 0.943 bits per heavy atom. The highest BCUT2D eigenvalue weighted by atomic mass is 16.5. The minimum atomic E-state index is -0.310. The van der Waals surface area contributed by atoms with Gasteiger partial charge in [-0.25, -0.2) is 9.97 Å². The highest BCUT2D eigenvalue weighted by Crippen LogP contribution is 2.19. The van der Waals surface area contributed by atoms with Crippen molar-refractivity contribution in [3.8, 4) is 17.1 Å². The van der Waals surface area contributed by atoms with E-state index in [4.69, 9.17) is 9.47 Å². The van der Waals surface area contributed by atoms with E-state index in [9.17, 15) is 9.59 Å². The normalized spacial score (nSPS) is 12.0. The summed E-state index contributed by atoms with van der Waals surface area (Å²) >= 11 is 0. The van der Waals surface area contributed by atoms with Crippen molar-refractivity contribution in [1.82, 2.24) is 9.97 Å². The zero-order valence-corrected chi connectivity index (χ0v) is 21.5. The minimum Gasteiger partial charge on any atom is -0.463 e. The van der Waals surface area contributed by atoms with E-state index in [1.165, 1.54) is 57.0 Å². The molecule has 0 fully saturated rings. The largest absolute Gasteiger partial charge is 0.463 e. The summed E-state index contributed by atoms with van der Waals surface area (Å²) in [5.41, 5.74) is 2.16. The molecule has 0 radical (unpaired) electrons. The lowest BCUT2D eigenvalue weighted by atomic mass is 10.0. The molecule has 1 aromatic heterocycles. The molecule has 1 unspecified atom stereocenters. The monoisotopic (exact) mass is 480 g/mol. The molecule has 1 atom stereocenters. The van der Waals surface area contributed by atoms with Crippen LogP contribution in [0.3, 0.4) is 0 Å². The van der Waals surface area contributed by atoms with Crippen LogP contribution in [0.15, 0.2) is 48.8 Å². The Morgan fingerprint density at radius 3 is 2.34 bits per heavy atom. The number of rotatable bonds is 16. The second-order valence-corrected chi connectivity index (χ2v) is 8.96. The number of aryl methyl sites for hydroxylation is 1. The molecule has 0 bridgehead atoms. The van der Waals surface area contributed by atoms with Gasteiger partial charge in [-0.05, 0) is 51.0 Å². The number of carbonyl (C=O) groups is 2. The molecule has 0 saturated heterocycles. The first-order valence-corrected chi connectivity index (χ1v) is 12.9. The summed E-state index contributed by atoms with van der Waals surface area (Å²) in [6.07, 6.45) is 18.4. The fraction of sp³-hybridized carbons (Fsp3) is 0.517. The molecule has 2 rings (SSSR count). The topological polar surface area (TPSA) is 78.4 Å². The third kappa shape index (κ3) is 12.3. The lowest BCUT2D eigenvalue weighted by Crippen LogP contribution is -2.11. The molecular formula is C29H40N2O4. The van der Waals surface area contributed by atoms with Crippen molar-refractivity contribution in [2.24, 2.45) is 0 Å². The Morgan fingerprint density at radius 2 is 1.66 bits per heavy atom. The second-order valence-electron chi connectivity index (χ2n) is 8.96. The van der Waals surface area contributed by atoms with Gasteiger partial charge in [-0.2, -0.15) is 0 Å². The number of aromatic nitrogens is 2. The van der Waals surface area contributed by atoms with Crippen LogP contribution in [-0.4, -0.2) is 28.0 Å². The maximum absolute atomic E-state index is 12.0. The van der Waals surface area contributed by atoms with E-state index in [0.29, 0.717) is 11.6 Å². The first-order valence-electron chi connectivity index (χ1n) is 12.9. The summed E-state index contributed by atoms with van der Waals surface area (Å²) in [6.45, 7) is 5.58. The van der Waals surface area contributed by atoms with E-state index >= 15 is 0 Å². The van der Waals surface area contributed by atoms with E-state index in [2.05, 4.69) is 35.1 Å². The molecule has 0 aliphatic carbocycles. The standard InChI is InChI=1S/C29H40N2O4/c1-4-5-6-7-8-9-10-11-16-28(33)35-27-21-30-29(31-22-27)26-19-17-25(18-20-26)15-13-12-14-23(2)34-24(3)32/h10-11,17-23H,4-9,12-16H2,1-3H3/b11-10-. The maximum Gasteiger partial charge on any atom is 0.315 e. The van der Waals surface area contributed by atoms with E-state index in [-0.39, 0.29) is 24.5 Å². The number of allylic oxidation sites excluding steroid dienone is 1. The number of esters is 2. The fourth-order valence-electron chi connectivity index (χ4n) is 3.78. The van der Waals surface area contributed by atoms with Gasteiger partial charge < -0.3 is 9.47 Å². The highest BCUT2D eigenvalue weighted by Gasteiger charge is 2.07. The zero-order valence-electron chi connectivity index (χ0n) is 21.5. The summed E-state index contributed by atoms with van der Waals surface area (Å²) in [6, 6.07) is 8.17. The van der Waals surface area contributed by atoms with E-state index < -0.39 is 0 Å². The van der Waals surface area contributed by atoms with Gasteiger partial charge >= 0.3 is 11.9 Å². The Labute approximate surface area is 210 Å². The lowest BCUT2D eigenvalue weighted by molar-refractivity contribution is -0.145. The summed E-state index contributed by atoms with van der Waals surface area (Å²) < 4.78 is 10.5. The van der Waals surface area contributed by atoms with Gasteiger partial charge in [0, 0.05) is 12.5 Å². The number of nitrogens with zero attached hydrogens (tertiary/aromatic N) is 2. The van der Waals surface area contributed by atoms with Crippen LogP contribution in [0.4, 0.5) is 0 Å². The Kier molecular flexibility index (Phi) is 13.4. The van der Waals surface area contributed by atoms with Gasteiger partial charge in [-0.15, -0.1) is 0 Å². The average Bonchev–Trinajstić information content (AvgIpc) is 2.84. The molecule has 6 heteroatoms. The third-order valence-electron chi connectivity index (χ3n) is 5.69. The first kappa shape index (κ1) is 28.2. The van der Waals surface area contributed by atoms with Crippen molar-refractivity contribution in [1.29, 1.82) is 0 Å². The maximum atomic E-state index is 12.0. The number of carbonyl (C=O) groups excluding carboxylic acids is 2. The number of unbranched alkanes of at least 4 members (excludes halogenated alkanes) is 6. The third-order valence-corrected chi connectivity index (χ3v) is 5.69. The van der Waals surface area contributed by atoms with Crippen molar-refractivity contribution in [2.75, 3.05) is 0 Å². The van der Waals surface area contributed by atoms with Gasteiger partial charge in [0.25, 0.3) is 0 Å². The summed E-state index contributed by atoms with van der Waals surface area (Å²) in [7, 11) is 0. The smallest absolute Gasteiger partial charge is 0.315 e. The van der Waals surface area contributed by atoms with Crippen LogP contribution in [0.5, 0.6) is 5.75 Å².